The molecule has 0 amide bonds. The average molecular weight is 254 g/mol. The standard InChI is InChI=1S/C10H14N4S2/c1-15-8-4-2-7(3-5-8)6-16-10(13)14-9(11)12/h2-5H,6H2,1H3,(H5,11,12,13,14). The molecule has 1 rings (SSSR count). The molecule has 0 radical (unpaired) electrons. The fraction of sp³-hybridized carbons (Fsp3) is 0.200. The monoisotopic (exact) mass is 254 g/mol. The Morgan fingerprint density at radius 1 is 1.31 bits per heavy atom. The number of rotatable bonds is 3. The smallest absolute Gasteiger partial charge is 0.193 e. The second-order valence-corrected chi connectivity index (χ2v) is 4.82. The first-order valence-corrected chi connectivity index (χ1v) is 6.76. The Labute approximate surface area is 103 Å². The van der Waals surface area contributed by atoms with Gasteiger partial charge in [-0.3, -0.25) is 5.41 Å². The molecule has 0 aliphatic carbocycles. The van der Waals surface area contributed by atoms with E-state index in [0.717, 1.165) is 5.56 Å². The van der Waals surface area contributed by atoms with Gasteiger partial charge in [0.25, 0.3) is 0 Å². The number of nitrogens with one attached hydrogen (secondary N) is 1. The first-order chi connectivity index (χ1) is 7.61. The summed E-state index contributed by atoms with van der Waals surface area (Å²) in [4.78, 5) is 4.87. The Morgan fingerprint density at radius 2 is 1.94 bits per heavy atom. The quantitative estimate of drug-likeness (QED) is 0.436. The lowest BCUT2D eigenvalue weighted by atomic mass is 10.2. The van der Waals surface area contributed by atoms with Crippen molar-refractivity contribution in [1.29, 1.82) is 5.41 Å². The first kappa shape index (κ1) is 12.9. The number of nitrogens with two attached hydrogens (primary N) is 2. The molecule has 0 bridgehead atoms. The van der Waals surface area contributed by atoms with E-state index in [-0.39, 0.29) is 11.1 Å². The van der Waals surface area contributed by atoms with Crippen molar-refractivity contribution in [1.82, 2.24) is 0 Å². The zero-order valence-electron chi connectivity index (χ0n) is 8.93. The minimum atomic E-state index is -0.0739. The van der Waals surface area contributed by atoms with E-state index in [9.17, 15) is 0 Å². The summed E-state index contributed by atoms with van der Waals surface area (Å²) in [6, 6.07) is 8.21. The Hall–Kier alpha value is -1.14. The third kappa shape index (κ3) is 4.59. The van der Waals surface area contributed by atoms with E-state index in [0.29, 0.717) is 5.75 Å². The van der Waals surface area contributed by atoms with Gasteiger partial charge in [-0.15, -0.1) is 11.8 Å². The van der Waals surface area contributed by atoms with E-state index in [4.69, 9.17) is 16.9 Å². The normalized spacial score (nSPS) is 9.81. The SMILES string of the molecule is CSc1ccc(CSC(=N)N=C(N)N)cc1. The number of hydrogen-bond donors (Lipinski definition) is 3. The Bertz CT molecular complexity index is 382. The zero-order chi connectivity index (χ0) is 12.0. The molecule has 0 fully saturated rings. The molecule has 0 unspecified atom stereocenters. The van der Waals surface area contributed by atoms with Gasteiger partial charge in [-0.25, -0.2) is 0 Å². The zero-order valence-corrected chi connectivity index (χ0v) is 10.6. The highest BCUT2D eigenvalue weighted by Gasteiger charge is 1.98. The van der Waals surface area contributed by atoms with Crippen molar-refractivity contribution in [2.75, 3.05) is 6.26 Å². The Balaban J connectivity index is 2.48. The molecular formula is C10H14N4S2. The molecule has 0 saturated heterocycles. The minimum Gasteiger partial charge on any atom is -0.370 e. The number of nitrogens with zero attached hydrogens (tertiary/aromatic N) is 1. The lowest BCUT2D eigenvalue weighted by Gasteiger charge is -2.01. The van der Waals surface area contributed by atoms with Gasteiger partial charge in [0.15, 0.2) is 11.1 Å². The number of amidine groups is 1. The van der Waals surface area contributed by atoms with Gasteiger partial charge in [0.05, 0.1) is 0 Å². The van der Waals surface area contributed by atoms with Gasteiger partial charge >= 0.3 is 0 Å². The minimum absolute atomic E-state index is 0.0739. The molecular weight excluding hydrogens is 240 g/mol. The van der Waals surface area contributed by atoms with Crippen LogP contribution in [0.15, 0.2) is 34.2 Å². The highest BCUT2D eigenvalue weighted by molar-refractivity contribution is 8.13. The van der Waals surface area contributed by atoms with Gasteiger partial charge in [0, 0.05) is 10.6 Å². The topological polar surface area (TPSA) is 88.2 Å². The van der Waals surface area contributed by atoms with E-state index < -0.39 is 0 Å². The molecule has 16 heavy (non-hydrogen) atoms. The lowest BCUT2D eigenvalue weighted by Crippen LogP contribution is -2.23. The Morgan fingerprint density at radius 3 is 2.44 bits per heavy atom. The summed E-state index contributed by atoms with van der Waals surface area (Å²) >= 11 is 3.01. The van der Waals surface area contributed by atoms with Crippen LogP contribution in [-0.2, 0) is 5.75 Å². The maximum Gasteiger partial charge on any atom is 0.193 e. The summed E-state index contributed by atoms with van der Waals surface area (Å²) in [5, 5.41) is 7.59. The molecule has 1 aromatic carbocycles. The molecule has 0 atom stereocenters. The van der Waals surface area contributed by atoms with Crippen molar-refractivity contribution in [3.8, 4) is 0 Å². The molecule has 0 heterocycles. The molecule has 0 saturated carbocycles. The molecule has 4 nitrogen and oxygen atoms in total. The molecule has 86 valence electrons. The van der Waals surface area contributed by atoms with Crippen LogP contribution in [-0.4, -0.2) is 17.4 Å². The molecule has 6 heteroatoms. The van der Waals surface area contributed by atoms with Gasteiger partial charge in [-0.1, -0.05) is 23.9 Å². The van der Waals surface area contributed by atoms with Crippen molar-refractivity contribution in [2.24, 2.45) is 16.5 Å². The van der Waals surface area contributed by atoms with E-state index in [1.54, 1.807) is 11.8 Å². The third-order valence-corrected chi connectivity index (χ3v) is 3.35. The van der Waals surface area contributed by atoms with E-state index >= 15 is 0 Å². The van der Waals surface area contributed by atoms with Crippen molar-refractivity contribution in [2.45, 2.75) is 10.6 Å². The molecule has 0 aromatic heterocycles. The van der Waals surface area contributed by atoms with Crippen LogP contribution in [0.25, 0.3) is 0 Å². The fourth-order valence-electron chi connectivity index (χ4n) is 1.02. The van der Waals surface area contributed by atoms with Crippen molar-refractivity contribution < 1.29 is 0 Å². The molecule has 0 aliphatic rings. The van der Waals surface area contributed by atoms with Crippen molar-refractivity contribution >= 4 is 34.7 Å². The second kappa shape index (κ2) is 6.44. The maximum atomic E-state index is 7.46. The largest absolute Gasteiger partial charge is 0.370 e. The molecule has 0 spiro atoms. The van der Waals surface area contributed by atoms with E-state index in [1.807, 2.05) is 18.4 Å². The van der Waals surface area contributed by atoms with Crippen molar-refractivity contribution in [3.05, 3.63) is 29.8 Å². The highest BCUT2D eigenvalue weighted by atomic mass is 32.2. The predicted octanol–water partition coefficient (Wildman–Crippen LogP) is 1.85. The van der Waals surface area contributed by atoms with Crippen LogP contribution >= 0.6 is 23.5 Å². The average Bonchev–Trinajstić information content (AvgIpc) is 2.26. The van der Waals surface area contributed by atoms with Crippen LogP contribution < -0.4 is 11.5 Å². The molecule has 0 aliphatic heterocycles. The van der Waals surface area contributed by atoms with Gasteiger partial charge in [0.2, 0.25) is 0 Å². The maximum absolute atomic E-state index is 7.46. The van der Waals surface area contributed by atoms with Gasteiger partial charge < -0.3 is 11.5 Å². The summed E-state index contributed by atoms with van der Waals surface area (Å²) in [7, 11) is 0. The van der Waals surface area contributed by atoms with Crippen LogP contribution in [0.1, 0.15) is 5.56 Å². The number of thioether (sulfide) groups is 2. The van der Waals surface area contributed by atoms with Crippen LogP contribution in [0.5, 0.6) is 0 Å². The predicted molar refractivity (Wildman–Crippen MR) is 73.1 cm³/mol. The molecule has 5 N–H and O–H groups in total. The van der Waals surface area contributed by atoms with Gasteiger partial charge in [-0.2, -0.15) is 4.99 Å². The van der Waals surface area contributed by atoms with Crippen LogP contribution in [0.2, 0.25) is 0 Å². The van der Waals surface area contributed by atoms with Crippen LogP contribution in [0.4, 0.5) is 0 Å². The molecule has 1 aromatic rings. The summed E-state index contributed by atoms with van der Waals surface area (Å²) in [6.45, 7) is 0. The number of benzene rings is 1. The number of guanidine groups is 1. The van der Waals surface area contributed by atoms with Gasteiger partial charge in [0.1, 0.15) is 0 Å². The highest BCUT2D eigenvalue weighted by Crippen LogP contribution is 2.18. The van der Waals surface area contributed by atoms with Crippen molar-refractivity contribution in [3.63, 3.8) is 0 Å². The third-order valence-electron chi connectivity index (χ3n) is 1.77. The number of aliphatic imine (C=N–C) groups is 1. The first-order valence-electron chi connectivity index (χ1n) is 4.55. The van der Waals surface area contributed by atoms with Crippen LogP contribution in [0, 0.1) is 5.41 Å². The van der Waals surface area contributed by atoms with Gasteiger partial charge in [-0.05, 0) is 24.0 Å². The number of hydrogen-bond acceptors (Lipinski definition) is 3. The fourth-order valence-corrected chi connectivity index (χ4v) is 2.10. The Kier molecular flexibility index (Phi) is 5.21. The van der Waals surface area contributed by atoms with Crippen LogP contribution in [0.3, 0.4) is 0 Å². The lowest BCUT2D eigenvalue weighted by molar-refractivity contribution is 1.35. The summed E-state index contributed by atoms with van der Waals surface area (Å²) in [6.07, 6.45) is 2.04. The summed E-state index contributed by atoms with van der Waals surface area (Å²) in [5.41, 5.74) is 11.5. The second-order valence-electron chi connectivity index (χ2n) is 2.98. The summed E-state index contributed by atoms with van der Waals surface area (Å²) in [5.74, 6) is 0.625. The van der Waals surface area contributed by atoms with E-state index in [1.165, 1.54) is 16.7 Å². The summed E-state index contributed by atoms with van der Waals surface area (Å²) < 4.78 is 0. The van der Waals surface area contributed by atoms with E-state index in [2.05, 4.69) is 17.1 Å².